The summed E-state index contributed by atoms with van der Waals surface area (Å²) in [5, 5.41) is 17.2. The van der Waals surface area contributed by atoms with E-state index in [1.165, 1.54) is 5.56 Å². The number of aromatic nitrogens is 6. The highest BCUT2D eigenvalue weighted by atomic mass is 127. The van der Waals surface area contributed by atoms with Gasteiger partial charge in [0.15, 0.2) is 0 Å². The van der Waals surface area contributed by atoms with Crippen molar-refractivity contribution >= 4 is 45.2 Å². The molecule has 0 aliphatic carbocycles. The predicted molar refractivity (Wildman–Crippen MR) is 101 cm³/mol. The van der Waals surface area contributed by atoms with Crippen LogP contribution in [0.2, 0.25) is 0 Å². The van der Waals surface area contributed by atoms with Crippen LogP contribution in [0.4, 0.5) is 0 Å². The Kier molecular flexibility index (Phi) is 4.76. The number of nitrogens with zero attached hydrogens (tertiary/aromatic N) is 6. The van der Waals surface area contributed by atoms with Gasteiger partial charge >= 0.3 is 0 Å². The van der Waals surface area contributed by atoms with Crippen LogP contribution >= 0.6 is 45.2 Å². The fourth-order valence-electron chi connectivity index (χ4n) is 2.08. The second-order valence-electron chi connectivity index (χ2n) is 4.69. The Bertz CT molecular complexity index is 790. The van der Waals surface area contributed by atoms with Crippen molar-refractivity contribution in [3.8, 4) is 17.1 Å². The summed E-state index contributed by atoms with van der Waals surface area (Å²) in [7, 11) is 0. The van der Waals surface area contributed by atoms with E-state index in [9.17, 15) is 0 Å². The molecule has 0 aliphatic rings. The maximum atomic E-state index is 4.63. The van der Waals surface area contributed by atoms with Crippen molar-refractivity contribution in [2.24, 2.45) is 0 Å². The summed E-state index contributed by atoms with van der Waals surface area (Å²) in [6.45, 7) is 4.84. The Morgan fingerprint density at radius 3 is 2.36 bits per heavy atom. The Balaban J connectivity index is 2.05. The average Bonchev–Trinajstić information content (AvgIpc) is 3.11. The van der Waals surface area contributed by atoms with E-state index >= 15 is 0 Å². The van der Waals surface area contributed by atoms with Crippen LogP contribution in [0.25, 0.3) is 17.1 Å². The minimum absolute atomic E-state index is 0.618. The highest BCUT2D eigenvalue weighted by Gasteiger charge is 2.20. The number of hydrogen-bond acceptors (Lipinski definition) is 4. The van der Waals surface area contributed by atoms with Crippen molar-refractivity contribution in [2.75, 3.05) is 0 Å². The molecule has 22 heavy (non-hydrogen) atoms. The molecule has 1 aromatic carbocycles. The molecule has 0 spiro atoms. The van der Waals surface area contributed by atoms with Gasteiger partial charge in [0.25, 0.3) is 0 Å². The van der Waals surface area contributed by atoms with Crippen LogP contribution in [0.3, 0.4) is 0 Å². The fraction of sp³-hybridized carbons (Fsp3) is 0.286. The van der Waals surface area contributed by atoms with E-state index in [-0.39, 0.29) is 0 Å². The zero-order valence-electron chi connectivity index (χ0n) is 12.2. The molecule has 0 fully saturated rings. The molecule has 8 heteroatoms. The first kappa shape index (κ1) is 15.8. The van der Waals surface area contributed by atoms with Crippen molar-refractivity contribution in [2.45, 2.75) is 26.8 Å². The lowest BCUT2D eigenvalue weighted by Gasteiger charge is -2.04. The molecule has 0 radical (unpaired) electrons. The van der Waals surface area contributed by atoms with Crippen LogP contribution in [0.5, 0.6) is 0 Å². The Morgan fingerprint density at radius 1 is 1.05 bits per heavy atom. The number of hydrogen-bond donors (Lipinski definition) is 0. The third-order valence-corrected chi connectivity index (χ3v) is 5.09. The first-order chi connectivity index (χ1) is 10.6. The largest absolute Gasteiger partial charge is 0.226 e. The molecule has 0 N–H and O–H groups in total. The van der Waals surface area contributed by atoms with Crippen molar-refractivity contribution in [1.82, 2.24) is 30.0 Å². The summed E-state index contributed by atoms with van der Waals surface area (Å²) in [5.74, 6) is 0.618. The van der Waals surface area contributed by atoms with E-state index < -0.39 is 0 Å². The van der Waals surface area contributed by atoms with Gasteiger partial charge in [-0.25, -0.2) is 4.68 Å². The molecular formula is C14H14I2N6. The predicted octanol–water partition coefficient (Wildman–Crippen LogP) is 3.32. The molecule has 6 nitrogen and oxygen atoms in total. The van der Waals surface area contributed by atoms with E-state index in [1.54, 1.807) is 4.80 Å². The second-order valence-corrected chi connectivity index (χ2v) is 6.73. The van der Waals surface area contributed by atoms with Crippen LogP contribution in [0.1, 0.15) is 19.4 Å². The molecule has 2 aromatic heterocycles. The lowest BCUT2D eigenvalue weighted by atomic mass is 10.1. The Labute approximate surface area is 155 Å². The lowest BCUT2D eigenvalue weighted by molar-refractivity contribution is 0.552. The Hall–Kier alpha value is -1.04. The summed E-state index contributed by atoms with van der Waals surface area (Å²) in [6.07, 6.45) is 1.03. The van der Waals surface area contributed by atoms with Crippen LogP contribution < -0.4 is 0 Å². The molecular weight excluding hydrogens is 506 g/mol. The maximum Gasteiger partial charge on any atom is 0.210 e. The van der Waals surface area contributed by atoms with Crippen LogP contribution in [0.15, 0.2) is 24.3 Å². The van der Waals surface area contributed by atoms with Gasteiger partial charge in [-0.15, -0.1) is 10.2 Å². The average molecular weight is 520 g/mol. The molecule has 0 saturated heterocycles. The maximum absolute atomic E-state index is 4.63. The van der Waals surface area contributed by atoms with Gasteiger partial charge in [0.1, 0.15) is 7.40 Å². The highest BCUT2D eigenvalue weighted by Crippen LogP contribution is 2.29. The van der Waals surface area contributed by atoms with Crippen LogP contribution in [-0.4, -0.2) is 30.0 Å². The first-order valence-electron chi connectivity index (χ1n) is 6.95. The molecule has 3 rings (SSSR count). The van der Waals surface area contributed by atoms with Crippen LogP contribution in [-0.2, 0) is 13.0 Å². The van der Waals surface area contributed by atoms with E-state index in [0.29, 0.717) is 12.4 Å². The van der Waals surface area contributed by atoms with Gasteiger partial charge in [-0.2, -0.15) is 9.90 Å². The van der Waals surface area contributed by atoms with Crippen molar-refractivity contribution in [1.29, 1.82) is 0 Å². The molecule has 0 bridgehead atoms. The van der Waals surface area contributed by atoms with Gasteiger partial charge < -0.3 is 0 Å². The quantitative estimate of drug-likeness (QED) is 0.496. The van der Waals surface area contributed by atoms with Gasteiger partial charge in [0.05, 0.1) is 17.8 Å². The van der Waals surface area contributed by atoms with Crippen molar-refractivity contribution < 1.29 is 0 Å². The zero-order chi connectivity index (χ0) is 15.7. The minimum Gasteiger partial charge on any atom is -0.226 e. The van der Waals surface area contributed by atoms with Crippen molar-refractivity contribution in [3.63, 3.8) is 0 Å². The fourth-order valence-corrected chi connectivity index (χ4v) is 4.19. The molecule has 0 amide bonds. The SMILES string of the molecule is CCc1ccc(-n2nc(I)c(-c3nnn(CC)n3)c2I)cc1. The van der Waals surface area contributed by atoms with E-state index in [4.69, 9.17) is 0 Å². The van der Waals surface area contributed by atoms with Gasteiger partial charge in [0, 0.05) is 0 Å². The number of tetrazole rings is 1. The van der Waals surface area contributed by atoms with Crippen molar-refractivity contribution in [3.05, 3.63) is 37.2 Å². The highest BCUT2D eigenvalue weighted by molar-refractivity contribution is 14.1. The molecule has 114 valence electrons. The summed E-state index contributed by atoms with van der Waals surface area (Å²) in [4.78, 5) is 1.58. The van der Waals surface area contributed by atoms with Gasteiger partial charge in [-0.1, -0.05) is 19.1 Å². The third kappa shape index (κ3) is 2.90. The van der Waals surface area contributed by atoms with Gasteiger partial charge in [-0.3, -0.25) is 0 Å². The smallest absolute Gasteiger partial charge is 0.210 e. The molecule has 2 heterocycles. The molecule has 0 unspecified atom stereocenters. The Morgan fingerprint density at radius 2 is 1.77 bits per heavy atom. The number of halogens is 2. The second kappa shape index (κ2) is 6.60. The summed E-state index contributed by atoms with van der Waals surface area (Å²) < 4.78 is 3.78. The van der Waals surface area contributed by atoms with E-state index in [1.807, 2.05) is 11.6 Å². The van der Waals surface area contributed by atoms with Gasteiger partial charge in [0.2, 0.25) is 5.82 Å². The molecule has 0 saturated carbocycles. The first-order valence-corrected chi connectivity index (χ1v) is 9.11. The third-order valence-electron chi connectivity index (χ3n) is 3.33. The summed E-state index contributed by atoms with van der Waals surface area (Å²) >= 11 is 4.51. The summed E-state index contributed by atoms with van der Waals surface area (Å²) in [5.41, 5.74) is 3.28. The number of rotatable bonds is 4. The van der Waals surface area contributed by atoms with E-state index in [2.05, 4.69) is 96.9 Å². The number of aryl methyl sites for hydroxylation is 2. The van der Waals surface area contributed by atoms with E-state index in [0.717, 1.165) is 25.1 Å². The minimum atomic E-state index is 0.618. The normalized spacial score (nSPS) is 11.1. The number of benzene rings is 1. The molecule has 3 aromatic rings. The molecule has 0 atom stereocenters. The van der Waals surface area contributed by atoms with Gasteiger partial charge in [-0.05, 0) is 81.4 Å². The lowest BCUT2D eigenvalue weighted by Crippen LogP contribution is -2.00. The van der Waals surface area contributed by atoms with Crippen LogP contribution in [0, 0.1) is 7.40 Å². The molecule has 0 aliphatic heterocycles. The summed E-state index contributed by atoms with van der Waals surface area (Å²) in [6, 6.07) is 8.44. The topological polar surface area (TPSA) is 61.4 Å². The monoisotopic (exact) mass is 520 g/mol. The zero-order valence-corrected chi connectivity index (χ0v) is 16.5. The standard InChI is InChI=1S/C14H14I2N6/c1-3-9-5-7-10(8-6-9)22-13(16)11(12(15)18-22)14-17-20-21(4-2)19-14/h5-8H,3-4H2,1-2H3.